The number of aromatic nitrogens is 4. The molecule has 0 fully saturated rings. The van der Waals surface area contributed by atoms with Crippen LogP contribution in [0, 0.1) is 32.6 Å². The molecule has 3 rings (SSSR count). The number of anilines is 1. The number of nitrogens with zero attached hydrogens (tertiary/aromatic N) is 4. The largest absolute Gasteiger partial charge is 0.370 e. The smallest absolute Gasteiger partial charge is 0.223 e. The highest BCUT2D eigenvalue weighted by molar-refractivity contribution is 6.34. The highest BCUT2D eigenvalue weighted by Gasteiger charge is 2.16. The lowest BCUT2D eigenvalue weighted by Crippen LogP contribution is -2.08. The van der Waals surface area contributed by atoms with Gasteiger partial charge in [-0.2, -0.15) is 4.98 Å². The van der Waals surface area contributed by atoms with Gasteiger partial charge in [0.25, 0.3) is 0 Å². The van der Waals surface area contributed by atoms with Crippen molar-refractivity contribution in [1.82, 2.24) is 19.5 Å². The molecule has 0 aliphatic heterocycles. The summed E-state index contributed by atoms with van der Waals surface area (Å²) in [5, 5.41) is 0.870. The predicted octanol–water partition coefficient (Wildman–Crippen LogP) is 3.68. The van der Waals surface area contributed by atoms with E-state index in [-0.39, 0.29) is 23.4 Å². The lowest BCUT2D eigenvalue weighted by molar-refractivity contribution is -0.117. The molecule has 158 valence electrons. The summed E-state index contributed by atoms with van der Waals surface area (Å²) in [6.07, 6.45) is 4.30. The van der Waals surface area contributed by atoms with Crippen molar-refractivity contribution in [3.8, 4) is 11.8 Å². The first-order valence-corrected chi connectivity index (χ1v) is 10.2. The molecule has 0 spiro atoms. The summed E-state index contributed by atoms with van der Waals surface area (Å²) in [7, 11) is 0. The van der Waals surface area contributed by atoms with E-state index in [9.17, 15) is 4.79 Å². The fourth-order valence-electron chi connectivity index (χ4n) is 2.92. The second-order valence-corrected chi connectivity index (χ2v) is 7.01. The Bertz CT molecular complexity index is 1140. The van der Waals surface area contributed by atoms with Crippen LogP contribution in [0.3, 0.4) is 0 Å². The van der Waals surface area contributed by atoms with Gasteiger partial charge in [0.15, 0.2) is 0 Å². The van der Waals surface area contributed by atoms with Gasteiger partial charge in [-0.25, -0.2) is 4.98 Å². The molecule has 30 heavy (non-hydrogen) atoms. The molecular weight excluding hydrogens is 400 g/mol. The Morgan fingerprint density at radius 2 is 1.90 bits per heavy atom. The van der Waals surface area contributed by atoms with Crippen LogP contribution < -0.4 is 11.5 Å². The van der Waals surface area contributed by atoms with Crippen LogP contribution in [0.15, 0.2) is 12.4 Å². The molecule has 0 saturated carbocycles. The van der Waals surface area contributed by atoms with Crippen molar-refractivity contribution < 1.29 is 4.79 Å². The van der Waals surface area contributed by atoms with Gasteiger partial charge in [-0.3, -0.25) is 9.78 Å². The third kappa shape index (κ3) is 5.08. The number of primary amides is 1. The second kappa shape index (κ2) is 10.1. The summed E-state index contributed by atoms with van der Waals surface area (Å²) in [4.78, 5) is 23.9. The molecule has 0 aromatic carbocycles. The second-order valence-electron chi connectivity index (χ2n) is 6.65. The van der Waals surface area contributed by atoms with E-state index in [1.807, 2.05) is 37.7 Å². The third-order valence-corrected chi connectivity index (χ3v) is 5.00. The standard InChI is InChI=1S/C20H21ClN6O.C2H6/c1-11-8-24-15(13(3)12(11)2)10-27-9-14(6-4-5-7-16(22)28)17-18(21)25-20(23)26-19(17)27;1-2/h8-9H,5,7,10H2,1-3H3,(H2,22,28)(H2,23,25,26);1-2H3. The fourth-order valence-corrected chi connectivity index (χ4v) is 3.19. The van der Waals surface area contributed by atoms with Crippen molar-refractivity contribution in [3.63, 3.8) is 0 Å². The number of nitrogens with two attached hydrogens (primary N) is 2. The van der Waals surface area contributed by atoms with Gasteiger partial charge in [-0.1, -0.05) is 37.3 Å². The minimum Gasteiger partial charge on any atom is -0.370 e. The van der Waals surface area contributed by atoms with E-state index in [1.54, 1.807) is 0 Å². The lowest BCUT2D eigenvalue weighted by atomic mass is 10.0. The maximum absolute atomic E-state index is 10.9. The van der Waals surface area contributed by atoms with Crippen LogP contribution >= 0.6 is 11.6 Å². The van der Waals surface area contributed by atoms with E-state index < -0.39 is 0 Å². The number of carbonyl (C=O) groups excluding carboxylic acids is 1. The summed E-state index contributed by atoms with van der Waals surface area (Å²) < 4.78 is 1.92. The SMILES string of the molecule is CC.Cc1cnc(Cn2cc(C#CCCC(N)=O)c3c(Cl)nc(N)nc32)c(C)c1C. The molecule has 3 heterocycles. The zero-order valence-electron chi connectivity index (χ0n) is 18.0. The summed E-state index contributed by atoms with van der Waals surface area (Å²) in [5.41, 5.74) is 16.6. The van der Waals surface area contributed by atoms with E-state index >= 15 is 0 Å². The normalized spacial score (nSPS) is 10.2. The maximum Gasteiger partial charge on any atom is 0.223 e. The minimum atomic E-state index is -0.387. The van der Waals surface area contributed by atoms with Gasteiger partial charge in [0.05, 0.1) is 23.2 Å². The highest BCUT2D eigenvalue weighted by Crippen LogP contribution is 2.27. The molecule has 0 saturated heterocycles. The zero-order valence-corrected chi connectivity index (χ0v) is 18.8. The Morgan fingerprint density at radius 3 is 2.57 bits per heavy atom. The number of carbonyl (C=O) groups is 1. The monoisotopic (exact) mass is 426 g/mol. The average molecular weight is 427 g/mol. The Labute approximate surface area is 181 Å². The van der Waals surface area contributed by atoms with Crippen molar-refractivity contribution >= 4 is 34.5 Å². The number of aryl methyl sites for hydroxylation is 1. The van der Waals surface area contributed by atoms with Crippen molar-refractivity contribution in [2.45, 2.75) is 54.0 Å². The Hall–Kier alpha value is -3.11. The van der Waals surface area contributed by atoms with Crippen LogP contribution in [0.2, 0.25) is 5.15 Å². The Morgan fingerprint density at radius 1 is 1.20 bits per heavy atom. The minimum absolute atomic E-state index is 0.0925. The first-order valence-electron chi connectivity index (χ1n) is 9.78. The molecule has 3 aromatic rings. The number of pyridine rings is 1. The molecule has 1 amide bonds. The van der Waals surface area contributed by atoms with E-state index in [2.05, 4.69) is 40.6 Å². The van der Waals surface area contributed by atoms with Crippen LogP contribution in [0.1, 0.15) is 54.6 Å². The molecule has 0 aliphatic rings. The highest BCUT2D eigenvalue weighted by atomic mass is 35.5. The molecule has 0 radical (unpaired) electrons. The molecule has 0 bridgehead atoms. The first-order chi connectivity index (χ1) is 14.3. The van der Waals surface area contributed by atoms with Gasteiger partial charge < -0.3 is 16.0 Å². The van der Waals surface area contributed by atoms with Crippen LogP contribution in [-0.4, -0.2) is 25.4 Å². The molecule has 0 unspecified atom stereocenters. The van der Waals surface area contributed by atoms with Gasteiger partial charge in [-0.15, -0.1) is 0 Å². The van der Waals surface area contributed by atoms with Crippen LogP contribution in [0.4, 0.5) is 5.95 Å². The molecule has 0 atom stereocenters. The van der Waals surface area contributed by atoms with Gasteiger partial charge in [0.1, 0.15) is 10.8 Å². The number of halogens is 1. The van der Waals surface area contributed by atoms with Crippen molar-refractivity contribution in [1.29, 1.82) is 0 Å². The van der Waals surface area contributed by atoms with Gasteiger partial charge >= 0.3 is 0 Å². The number of fused-ring (bicyclic) bond motifs is 1. The molecule has 7 nitrogen and oxygen atoms in total. The maximum atomic E-state index is 10.9. The molecule has 8 heteroatoms. The predicted molar refractivity (Wildman–Crippen MR) is 121 cm³/mol. The van der Waals surface area contributed by atoms with E-state index in [0.29, 0.717) is 29.6 Å². The van der Waals surface area contributed by atoms with Crippen LogP contribution in [-0.2, 0) is 11.3 Å². The molecule has 3 aromatic heterocycles. The fraction of sp³-hybridized carbons (Fsp3) is 0.364. The third-order valence-electron chi connectivity index (χ3n) is 4.73. The summed E-state index contributed by atoms with van der Waals surface area (Å²) in [6, 6.07) is 0. The number of hydrogen-bond acceptors (Lipinski definition) is 5. The van der Waals surface area contributed by atoms with Crippen LogP contribution in [0.5, 0.6) is 0 Å². The van der Waals surface area contributed by atoms with E-state index in [0.717, 1.165) is 16.8 Å². The van der Waals surface area contributed by atoms with Crippen molar-refractivity contribution in [3.05, 3.63) is 45.5 Å². The summed E-state index contributed by atoms with van der Waals surface area (Å²) in [6.45, 7) is 10.7. The van der Waals surface area contributed by atoms with E-state index in [4.69, 9.17) is 23.1 Å². The number of hydrogen-bond donors (Lipinski definition) is 2. The number of rotatable bonds is 4. The average Bonchev–Trinajstić information content (AvgIpc) is 3.04. The zero-order chi connectivity index (χ0) is 22.4. The van der Waals surface area contributed by atoms with Crippen molar-refractivity contribution in [2.75, 3.05) is 5.73 Å². The Balaban J connectivity index is 0.00000155. The van der Waals surface area contributed by atoms with Crippen molar-refractivity contribution in [2.24, 2.45) is 5.73 Å². The number of amides is 1. The summed E-state index contributed by atoms with van der Waals surface area (Å²) in [5.74, 6) is 5.69. The molecule has 0 aliphatic carbocycles. The van der Waals surface area contributed by atoms with Gasteiger partial charge in [-0.05, 0) is 37.5 Å². The topological polar surface area (TPSA) is 113 Å². The first kappa shape index (κ1) is 23.2. The van der Waals surface area contributed by atoms with Gasteiger partial charge in [0.2, 0.25) is 11.9 Å². The van der Waals surface area contributed by atoms with Crippen LogP contribution in [0.25, 0.3) is 11.0 Å². The molecule has 4 N–H and O–H groups in total. The summed E-state index contributed by atoms with van der Waals surface area (Å²) >= 11 is 6.32. The Kier molecular flexibility index (Phi) is 7.79. The number of nitrogen functional groups attached to an aromatic ring is 1. The van der Waals surface area contributed by atoms with Gasteiger partial charge in [0, 0.05) is 25.2 Å². The van der Waals surface area contributed by atoms with E-state index in [1.165, 1.54) is 5.56 Å². The molecular formula is C22H27ClN6O. The quantitative estimate of drug-likeness (QED) is 0.488. The lowest BCUT2D eigenvalue weighted by Gasteiger charge is -2.11.